The molecule has 0 unspecified atom stereocenters. The number of aliphatic carboxylic acids is 1. The zero-order chi connectivity index (χ0) is 12.0. The fraction of sp³-hybridized carbons (Fsp3) is 0.167. The molecule has 16 heavy (non-hydrogen) atoms. The molecule has 0 fully saturated rings. The molecule has 0 saturated carbocycles. The summed E-state index contributed by atoms with van der Waals surface area (Å²) in [5.74, 6) is -1.77. The Morgan fingerprint density at radius 3 is 2.44 bits per heavy atom. The van der Waals surface area contributed by atoms with E-state index >= 15 is 0 Å². The molecule has 1 aromatic carbocycles. The second-order valence-electron chi connectivity index (χ2n) is 3.24. The molecule has 0 saturated heterocycles. The standard InChI is InChI=1S/C12H12O4/c1-9(7-11(13)14)12(15)16-8-10-5-3-2-4-6-10/h2-6H,1,7-8H2,(H,13,14). The zero-order valence-electron chi connectivity index (χ0n) is 8.68. The quantitative estimate of drug-likeness (QED) is 0.606. The van der Waals surface area contributed by atoms with E-state index in [0.29, 0.717) is 0 Å². The Balaban J connectivity index is 2.41. The normalized spacial score (nSPS) is 9.50. The van der Waals surface area contributed by atoms with Crippen LogP contribution in [0.25, 0.3) is 0 Å². The van der Waals surface area contributed by atoms with Gasteiger partial charge < -0.3 is 9.84 Å². The molecule has 0 aliphatic rings. The van der Waals surface area contributed by atoms with Gasteiger partial charge in [-0.25, -0.2) is 4.79 Å². The van der Waals surface area contributed by atoms with Crippen molar-refractivity contribution in [2.75, 3.05) is 0 Å². The van der Waals surface area contributed by atoms with Crippen molar-refractivity contribution in [1.29, 1.82) is 0 Å². The highest BCUT2D eigenvalue weighted by Gasteiger charge is 2.11. The van der Waals surface area contributed by atoms with Crippen LogP contribution in [-0.4, -0.2) is 17.0 Å². The van der Waals surface area contributed by atoms with E-state index in [1.807, 2.05) is 30.3 Å². The summed E-state index contributed by atoms with van der Waals surface area (Å²) in [5.41, 5.74) is 0.794. The Morgan fingerprint density at radius 2 is 1.88 bits per heavy atom. The lowest BCUT2D eigenvalue weighted by Crippen LogP contribution is -2.10. The third kappa shape index (κ3) is 3.96. The number of carboxylic acids is 1. The first-order valence-electron chi connectivity index (χ1n) is 4.70. The second-order valence-corrected chi connectivity index (χ2v) is 3.24. The van der Waals surface area contributed by atoms with Crippen molar-refractivity contribution in [1.82, 2.24) is 0 Å². The summed E-state index contributed by atoms with van der Waals surface area (Å²) in [6.07, 6.45) is -0.395. The molecule has 1 N–H and O–H groups in total. The van der Waals surface area contributed by atoms with Crippen LogP contribution in [-0.2, 0) is 20.9 Å². The van der Waals surface area contributed by atoms with Crippen molar-refractivity contribution in [2.24, 2.45) is 0 Å². The molecule has 0 amide bonds. The van der Waals surface area contributed by atoms with E-state index < -0.39 is 18.4 Å². The average Bonchev–Trinajstić information content (AvgIpc) is 2.26. The van der Waals surface area contributed by atoms with Gasteiger partial charge in [0.25, 0.3) is 0 Å². The number of esters is 1. The van der Waals surface area contributed by atoms with Crippen LogP contribution in [0.3, 0.4) is 0 Å². The summed E-state index contributed by atoms with van der Waals surface area (Å²) in [5, 5.41) is 8.45. The predicted octanol–water partition coefficient (Wildman–Crippen LogP) is 1.76. The molecule has 0 heterocycles. The summed E-state index contributed by atoms with van der Waals surface area (Å²) >= 11 is 0. The van der Waals surface area contributed by atoms with Gasteiger partial charge in [0.1, 0.15) is 6.61 Å². The minimum absolute atomic E-state index is 0.0524. The first kappa shape index (κ1) is 12.0. The fourth-order valence-corrected chi connectivity index (χ4v) is 1.08. The highest BCUT2D eigenvalue weighted by molar-refractivity contribution is 5.92. The van der Waals surface area contributed by atoms with Gasteiger partial charge in [-0.15, -0.1) is 0 Å². The number of carboxylic acid groups (broad SMARTS) is 1. The summed E-state index contributed by atoms with van der Waals surface area (Å²) in [6.45, 7) is 3.48. The first-order chi connectivity index (χ1) is 7.59. The van der Waals surface area contributed by atoms with Gasteiger partial charge in [0.2, 0.25) is 0 Å². The van der Waals surface area contributed by atoms with Gasteiger partial charge in [0, 0.05) is 5.57 Å². The topological polar surface area (TPSA) is 63.6 Å². The lowest BCUT2D eigenvalue weighted by Gasteiger charge is -2.05. The number of carbonyl (C=O) groups excluding carboxylic acids is 1. The van der Waals surface area contributed by atoms with Gasteiger partial charge in [0.05, 0.1) is 6.42 Å². The maximum absolute atomic E-state index is 11.3. The Hall–Kier alpha value is -2.10. The number of hydrogen-bond donors (Lipinski definition) is 1. The predicted molar refractivity (Wildman–Crippen MR) is 57.6 cm³/mol. The number of ether oxygens (including phenoxy) is 1. The smallest absolute Gasteiger partial charge is 0.334 e. The Kier molecular flexibility index (Phi) is 4.27. The molecule has 4 heteroatoms. The average molecular weight is 220 g/mol. The van der Waals surface area contributed by atoms with Crippen LogP contribution in [0.2, 0.25) is 0 Å². The first-order valence-corrected chi connectivity index (χ1v) is 4.70. The molecule has 0 aliphatic heterocycles. The van der Waals surface area contributed by atoms with E-state index in [1.54, 1.807) is 0 Å². The zero-order valence-corrected chi connectivity index (χ0v) is 8.68. The van der Waals surface area contributed by atoms with Gasteiger partial charge in [-0.05, 0) is 5.56 Å². The van der Waals surface area contributed by atoms with Crippen molar-refractivity contribution in [3.05, 3.63) is 48.0 Å². The van der Waals surface area contributed by atoms with Crippen LogP contribution < -0.4 is 0 Å². The monoisotopic (exact) mass is 220 g/mol. The molecule has 1 rings (SSSR count). The molecule has 0 aromatic heterocycles. The molecule has 0 spiro atoms. The molecule has 0 aliphatic carbocycles. The van der Waals surface area contributed by atoms with Gasteiger partial charge in [0.15, 0.2) is 0 Å². The highest BCUT2D eigenvalue weighted by Crippen LogP contribution is 2.05. The van der Waals surface area contributed by atoms with E-state index in [1.165, 1.54) is 0 Å². The molecule has 0 bridgehead atoms. The van der Waals surface area contributed by atoms with Crippen LogP contribution in [0.1, 0.15) is 12.0 Å². The van der Waals surface area contributed by atoms with Gasteiger partial charge >= 0.3 is 11.9 Å². The van der Waals surface area contributed by atoms with Crippen LogP contribution in [0, 0.1) is 0 Å². The Bertz CT molecular complexity index is 395. The summed E-state index contributed by atoms with van der Waals surface area (Å²) < 4.78 is 4.89. The lowest BCUT2D eigenvalue weighted by atomic mass is 10.2. The number of benzene rings is 1. The molecular weight excluding hydrogens is 208 g/mol. The third-order valence-corrected chi connectivity index (χ3v) is 1.87. The van der Waals surface area contributed by atoms with Crippen molar-refractivity contribution in [3.8, 4) is 0 Å². The third-order valence-electron chi connectivity index (χ3n) is 1.87. The summed E-state index contributed by atoms with van der Waals surface area (Å²) in [4.78, 5) is 21.6. The summed E-state index contributed by atoms with van der Waals surface area (Å²) in [6, 6.07) is 9.14. The number of rotatable bonds is 5. The molecule has 84 valence electrons. The number of carbonyl (C=O) groups is 2. The van der Waals surface area contributed by atoms with Crippen molar-refractivity contribution in [2.45, 2.75) is 13.0 Å². The molecular formula is C12H12O4. The van der Waals surface area contributed by atoms with Crippen molar-refractivity contribution in [3.63, 3.8) is 0 Å². The van der Waals surface area contributed by atoms with E-state index in [9.17, 15) is 9.59 Å². The van der Waals surface area contributed by atoms with Crippen LogP contribution in [0.4, 0.5) is 0 Å². The second kappa shape index (κ2) is 5.70. The molecule has 1 aromatic rings. The maximum Gasteiger partial charge on any atom is 0.334 e. The Morgan fingerprint density at radius 1 is 1.25 bits per heavy atom. The SMILES string of the molecule is C=C(CC(=O)O)C(=O)OCc1ccccc1. The van der Waals surface area contributed by atoms with Crippen LogP contribution in [0.15, 0.2) is 42.5 Å². The minimum atomic E-state index is -1.10. The van der Waals surface area contributed by atoms with Gasteiger partial charge in [-0.2, -0.15) is 0 Å². The van der Waals surface area contributed by atoms with Gasteiger partial charge in [-0.3, -0.25) is 4.79 Å². The molecule has 4 nitrogen and oxygen atoms in total. The van der Waals surface area contributed by atoms with Crippen LogP contribution >= 0.6 is 0 Å². The lowest BCUT2D eigenvalue weighted by molar-refractivity contribution is -0.143. The minimum Gasteiger partial charge on any atom is -0.481 e. The van der Waals surface area contributed by atoms with E-state index in [-0.39, 0.29) is 12.2 Å². The van der Waals surface area contributed by atoms with Gasteiger partial charge in [-0.1, -0.05) is 36.9 Å². The van der Waals surface area contributed by atoms with Crippen molar-refractivity contribution >= 4 is 11.9 Å². The fourth-order valence-electron chi connectivity index (χ4n) is 1.08. The Labute approximate surface area is 93.2 Å². The van der Waals surface area contributed by atoms with E-state index in [4.69, 9.17) is 9.84 Å². The number of hydrogen-bond acceptors (Lipinski definition) is 3. The van der Waals surface area contributed by atoms with Crippen molar-refractivity contribution < 1.29 is 19.4 Å². The van der Waals surface area contributed by atoms with Crippen LogP contribution in [0.5, 0.6) is 0 Å². The van der Waals surface area contributed by atoms with E-state index in [2.05, 4.69) is 6.58 Å². The van der Waals surface area contributed by atoms with E-state index in [0.717, 1.165) is 5.56 Å². The maximum atomic E-state index is 11.3. The highest BCUT2D eigenvalue weighted by atomic mass is 16.5. The summed E-state index contributed by atoms with van der Waals surface area (Å²) in [7, 11) is 0. The molecule has 0 atom stereocenters. The molecule has 0 radical (unpaired) electrons. The largest absolute Gasteiger partial charge is 0.481 e.